The quantitative estimate of drug-likeness (QED) is 0.705. The van der Waals surface area contributed by atoms with Gasteiger partial charge in [0.1, 0.15) is 6.33 Å². The Morgan fingerprint density at radius 1 is 0.833 bits per heavy atom. The Kier molecular flexibility index (Phi) is 4.88. The van der Waals surface area contributed by atoms with E-state index in [2.05, 4.69) is 41.2 Å². The summed E-state index contributed by atoms with van der Waals surface area (Å²) >= 11 is 0. The van der Waals surface area contributed by atoms with Gasteiger partial charge in [0, 0.05) is 18.0 Å². The summed E-state index contributed by atoms with van der Waals surface area (Å²) in [6, 6.07) is 8.75. The monoisotopic (exact) mass is 240 g/mol. The lowest BCUT2D eigenvalue weighted by Crippen LogP contribution is -1.87. The van der Waals surface area contributed by atoms with Crippen LogP contribution in [0, 0.1) is 0 Å². The van der Waals surface area contributed by atoms with E-state index >= 15 is 0 Å². The van der Waals surface area contributed by atoms with Gasteiger partial charge in [0.25, 0.3) is 0 Å². The maximum atomic E-state index is 4.04. The van der Waals surface area contributed by atoms with Gasteiger partial charge < -0.3 is 0 Å². The van der Waals surface area contributed by atoms with E-state index in [9.17, 15) is 0 Å². The van der Waals surface area contributed by atoms with Crippen LogP contribution in [0.2, 0.25) is 0 Å². The summed E-state index contributed by atoms with van der Waals surface area (Å²) in [4.78, 5) is 8.08. The van der Waals surface area contributed by atoms with Crippen LogP contribution in [-0.4, -0.2) is 9.97 Å². The number of rotatable bonds is 6. The SMILES string of the molecule is CCCCCCc1ccc(-c2cncnc2)cc1. The number of unbranched alkanes of at least 4 members (excludes halogenated alkanes) is 3. The van der Waals surface area contributed by atoms with Crippen molar-refractivity contribution in [3.63, 3.8) is 0 Å². The zero-order chi connectivity index (χ0) is 12.6. The summed E-state index contributed by atoms with van der Waals surface area (Å²) in [5, 5.41) is 0. The van der Waals surface area contributed by atoms with Gasteiger partial charge in [-0.25, -0.2) is 9.97 Å². The molecule has 1 aromatic carbocycles. The van der Waals surface area contributed by atoms with Crippen molar-refractivity contribution in [1.82, 2.24) is 9.97 Å². The minimum Gasteiger partial charge on any atom is -0.244 e. The summed E-state index contributed by atoms with van der Waals surface area (Å²) in [6.45, 7) is 2.25. The molecule has 0 radical (unpaired) electrons. The van der Waals surface area contributed by atoms with Crippen molar-refractivity contribution in [3.8, 4) is 11.1 Å². The van der Waals surface area contributed by atoms with Gasteiger partial charge in [-0.3, -0.25) is 0 Å². The Hall–Kier alpha value is -1.70. The molecule has 0 atom stereocenters. The van der Waals surface area contributed by atoms with Crippen LogP contribution in [0.25, 0.3) is 11.1 Å². The van der Waals surface area contributed by atoms with Crippen molar-refractivity contribution in [2.45, 2.75) is 39.0 Å². The average molecular weight is 240 g/mol. The van der Waals surface area contributed by atoms with Gasteiger partial charge in [0.2, 0.25) is 0 Å². The molecule has 1 aromatic heterocycles. The van der Waals surface area contributed by atoms with Crippen molar-refractivity contribution in [2.24, 2.45) is 0 Å². The molecule has 94 valence electrons. The number of nitrogens with zero attached hydrogens (tertiary/aromatic N) is 2. The highest BCUT2D eigenvalue weighted by Crippen LogP contribution is 2.18. The lowest BCUT2D eigenvalue weighted by Gasteiger charge is -2.04. The largest absolute Gasteiger partial charge is 0.244 e. The Morgan fingerprint density at radius 3 is 2.22 bits per heavy atom. The van der Waals surface area contributed by atoms with Crippen molar-refractivity contribution in [3.05, 3.63) is 48.5 Å². The standard InChI is InChI=1S/C16H20N2/c1-2-3-4-5-6-14-7-9-15(10-8-14)16-11-17-13-18-12-16/h7-13H,2-6H2,1H3. The van der Waals surface area contributed by atoms with Crippen molar-refractivity contribution in [1.29, 1.82) is 0 Å². The number of aromatic nitrogens is 2. The molecule has 0 aliphatic rings. The summed E-state index contributed by atoms with van der Waals surface area (Å²) in [7, 11) is 0. The summed E-state index contributed by atoms with van der Waals surface area (Å²) in [6.07, 6.45) is 11.7. The third-order valence-corrected chi connectivity index (χ3v) is 3.17. The smallest absolute Gasteiger partial charge is 0.115 e. The molecule has 2 heteroatoms. The van der Waals surface area contributed by atoms with Crippen LogP contribution in [0.1, 0.15) is 38.2 Å². The molecule has 0 spiro atoms. The maximum absolute atomic E-state index is 4.04. The highest BCUT2D eigenvalue weighted by molar-refractivity contribution is 5.61. The Bertz CT molecular complexity index is 448. The molecule has 2 nitrogen and oxygen atoms in total. The fraction of sp³-hybridized carbons (Fsp3) is 0.375. The van der Waals surface area contributed by atoms with E-state index in [1.807, 2.05) is 12.4 Å². The topological polar surface area (TPSA) is 25.8 Å². The Morgan fingerprint density at radius 2 is 1.56 bits per heavy atom. The van der Waals surface area contributed by atoms with Crippen LogP contribution in [0.4, 0.5) is 0 Å². The van der Waals surface area contributed by atoms with Crippen LogP contribution in [0.15, 0.2) is 43.0 Å². The van der Waals surface area contributed by atoms with Crippen molar-refractivity contribution >= 4 is 0 Å². The first-order valence-electron chi connectivity index (χ1n) is 6.74. The highest BCUT2D eigenvalue weighted by Gasteiger charge is 1.98. The van der Waals surface area contributed by atoms with E-state index in [1.54, 1.807) is 6.33 Å². The Labute approximate surface area is 109 Å². The molecule has 0 fully saturated rings. The van der Waals surface area contributed by atoms with Crippen LogP contribution >= 0.6 is 0 Å². The van der Waals surface area contributed by atoms with Crippen molar-refractivity contribution < 1.29 is 0 Å². The van der Waals surface area contributed by atoms with Crippen LogP contribution in [0.3, 0.4) is 0 Å². The minimum absolute atomic E-state index is 1.08. The van der Waals surface area contributed by atoms with E-state index < -0.39 is 0 Å². The fourth-order valence-electron chi connectivity index (χ4n) is 2.07. The lowest BCUT2D eigenvalue weighted by atomic mass is 10.0. The van der Waals surface area contributed by atoms with Gasteiger partial charge >= 0.3 is 0 Å². The molecule has 0 saturated carbocycles. The molecule has 0 bridgehead atoms. The average Bonchev–Trinajstić information content (AvgIpc) is 2.45. The third-order valence-electron chi connectivity index (χ3n) is 3.17. The molecule has 0 saturated heterocycles. The molecule has 2 rings (SSSR count). The molecule has 1 heterocycles. The number of hydrogen-bond acceptors (Lipinski definition) is 2. The third kappa shape index (κ3) is 3.66. The van der Waals surface area contributed by atoms with Crippen molar-refractivity contribution in [2.75, 3.05) is 0 Å². The predicted octanol–water partition coefficient (Wildman–Crippen LogP) is 4.27. The lowest BCUT2D eigenvalue weighted by molar-refractivity contribution is 0.667. The molecular weight excluding hydrogens is 220 g/mol. The van der Waals surface area contributed by atoms with Gasteiger partial charge in [0.15, 0.2) is 0 Å². The number of aryl methyl sites for hydroxylation is 1. The van der Waals surface area contributed by atoms with E-state index in [-0.39, 0.29) is 0 Å². The molecule has 0 N–H and O–H groups in total. The van der Waals surface area contributed by atoms with Crippen LogP contribution in [-0.2, 0) is 6.42 Å². The first kappa shape index (κ1) is 12.7. The van der Waals surface area contributed by atoms with Gasteiger partial charge in [-0.2, -0.15) is 0 Å². The minimum atomic E-state index is 1.08. The second kappa shape index (κ2) is 6.90. The summed E-state index contributed by atoms with van der Waals surface area (Å²) in [5.41, 5.74) is 3.69. The van der Waals surface area contributed by atoms with Crippen LogP contribution < -0.4 is 0 Å². The van der Waals surface area contributed by atoms with E-state index in [0.29, 0.717) is 0 Å². The summed E-state index contributed by atoms with van der Waals surface area (Å²) in [5.74, 6) is 0. The Balaban J connectivity index is 1.94. The molecular formula is C16H20N2. The van der Waals surface area contributed by atoms with Crippen LogP contribution in [0.5, 0.6) is 0 Å². The highest BCUT2D eigenvalue weighted by atomic mass is 14.8. The van der Waals surface area contributed by atoms with Gasteiger partial charge in [-0.05, 0) is 24.0 Å². The van der Waals surface area contributed by atoms with E-state index in [0.717, 1.165) is 5.56 Å². The number of benzene rings is 1. The molecule has 2 aromatic rings. The first-order chi connectivity index (χ1) is 8.90. The number of hydrogen-bond donors (Lipinski definition) is 0. The second-order valence-electron chi connectivity index (χ2n) is 4.63. The predicted molar refractivity (Wildman–Crippen MR) is 75.3 cm³/mol. The zero-order valence-electron chi connectivity index (χ0n) is 11.0. The fourth-order valence-corrected chi connectivity index (χ4v) is 2.07. The van der Waals surface area contributed by atoms with E-state index in [1.165, 1.54) is 43.2 Å². The maximum Gasteiger partial charge on any atom is 0.115 e. The van der Waals surface area contributed by atoms with Gasteiger partial charge in [-0.1, -0.05) is 50.5 Å². The first-order valence-corrected chi connectivity index (χ1v) is 6.74. The molecule has 0 aliphatic carbocycles. The molecule has 18 heavy (non-hydrogen) atoms. The van der Waals surface area contributed by atoms with E-state index in [4.69, 9.17) is 0 Å². The second-order valence-corrected chi connectivity index (χ2v) is 4.63. The molecule has 0 unspecified atom stereocenters. The van der Waals surface area contributed by atoms with Gasteiger partial charge in [-0.15, -0.1) is 0 Å². The zero-order valence-corrected chi connectivity index (χ0v) is 11.0. The normalized spacial score (nSPS) is 10.5. The summed E-state index contributed by atoms with van der Waals surface area (Å²) < 4.78 is 0. The molecule has 0 aliphatic heterocycles. The molecule has 0 amide bonds. The van der Waals surface area contributed by atoms with Gasteiger partial charge in [0.05, 0.1) is 0 Å².